The van der Waals surface area contributed by atoms with Gasteiger partial charge in [-0.1, -0.05) is 0 Å². The van der Waals surface area contributed by atoms with Crippen molar-refractivity contribution in [2.45, 2.75) is 31.6 Å². The van der Waals surface area contributed by atoms with Crippen molar-refractivity contribution in [1.29, 1.82) is 0 Å². The fourth-order valence-electron chi connectivity index (χ4n) is 1.78. The highest BCUT2D eigenvalue weighted by Crippen LogP contribution is 2.19. The summed E-state index contributed by atoms with van der Waals surface area (Å²) in [7, 11) is 0. The molecule has 0 bridgehead atoms. The fraction of sp³-hybridized carbons (Fsp3) is 0.636. The Morgan fingerprint density at radius 1 is 1.56 bits per heavy atom. The highest BCUT2D eigenvalue weighted by atomic mass is 32.2. The number of aryl methyl sites for hydroxylation is 1. The molecule has 2 rings (SSSR count). The van der Waals surface area contributed by atoms with Crippen LogP contribution in [0.2, 0.25) is 0 Å². The molecule has 88 valence electrons. The van der Waals surface area contributed by atoms with Crippen LogP contribution in [0, 0.1) is 6.92 Å². The Bertz CT molecular complexity index is 333. The maximum absolute atomic E-state index is 5.67. The highest BCUT2D eigenvalue weighted by Gasteiger charge is 2.15. The van der Waals surface area contributed by atoms with Gasteiger partial charge in [0.15, 0.2) is 0 Å². The molecule has 0 aromatic carbocycles. The lowest BCUT2D eigenvalue weighted by molar-refractivity contribution is 0.129. The zero-order chi connectivity index (χ0) is 11.4. The molecular weight excluding hydrogens is 222 g/mol. The summed E-state index contributed by atoms with van der Waals surface area (Å²) in [5.74, 6) is 3.21. The lowest BCUT2D eigenvalue weighted by Crippen LogP contribution is -2.08. The number of nitrogens with two attached hydrogens (primary N) is 1. The second kappa shape index (κ2) is 5.50. The first-order valence-electron chi connectivity index (χ1n) is 5.53. The number of aromatic nitrogens is 2. The Kier molecular flexibility index (Phi) is 4.01. The van der Waals surface area contributed by atoms with Crippen LogP contribution in [0.4, 0.5) is 5.82 Å². The molecule has 1 aliphatic heterocycles. The van der Waals surface area contributed by atoms with Gasteiger partial charge in [-0.15, -0.1) is 0 Å². The van der Waals surface area contributed by atoms with Gasteiger partial charge in [-0.2, -0.15) is 11.8 Å². The largest absolute Gasteiger partial charge is 0.384 e. The minimum Gasteiger partial charge on any atom is -0.384 e. The Labute approximate surface area is 100.0 Å². The number of hydrogen-bond donors (Lipinski definition) is 1. The minimum atomic E-state index is 0.423. The summed E-state index contributed by atoms with van der Waals surface area (Å²) in [6, 6.07) is 1.79. The van der Waals surface area contributed by atoms with Crippen LogP contribution in [0.3, 0.4) is 0 Å². The van der Waals surface area contributed by atoms with Crippen molar-refractivity contribution in [2.75, 3.05) is 18.1 Å². The molecule has 1 fully saturated rings. The molecule has 16 heavy (non-hydrogen) atoms. The van der Waals surface area contributed by atoms with E-state index in [9.17, 15) is 0 Å². The number of nitrogens with zero attached hydrogens (tertiary/aromatic N) is 2. The summed E-state index contributed by atoms with van der Waals surface area (Å²) < 4.78 is 5.55. The average molecular weight is 239 g/mol. The molecule has 1 aliphatic rings. The van der Waals surface area contributed by atoms with Gasteiger partial charge in [0.25, 0.3) is 0 Å². The molecular formula is C11H17N3OS. The number of ether oxygens (including phenoxy) is 1. The van der Waals surface area contributed by atoms with Crippen molar-refractivity contribution in [3.05, 3.63) is 17.6 Å². The smallest absolute Gasteiger partial charge is 0.140 e. The lowest BCUT2D eigenvalue weighted by atomic mass is 10.3. The normalized spacial score (nSPS) is 20.2. The minimum absolute atomic E-state index is 0.423. The topological polar surface area (TPSA) is 61.0 Å². The SMILES string of the molecule is Cc1cc(N)nc(CSCC2CCCO2)n1. The van der Waals surface area contributed by atoms with Gasteiger partial charge in [-0.25, -0.2) is 9.97 Å². The molecule has 5 heteroatoms. The van der Waals surface area contributed by atoms with Gasteiger partial charge in [-0.05, 0) is 19.8 Å². The van der Waals surface area contributed by atoms with Crippen LogP contribution in [-0.4, -0.2) is 28.4 Å². The maximum Gasteiger partial charge on any atom is 0.140 e. The van der Waals surface area contributed by atoms with Crippen molar-refractivity contribution in [3.8, 4) is 0 Å². The Morgan fingerprint density at radius 3 is 3.12 bits per heavy atom. The Morgan fingerprint density at radius 2 is 2.44 bits per heavy atom. The second-order valence-electron chi connectivity index (χ2n) is 4.00. The van der Waals surface area contributed by atoms with Crippen LogP contribution >= 0.6 is 11.8 Å². The van der Waals surface area contributed by atoms with E-state index in [1.54, 1.807) is 6.07 Å². The summed E-state index contributed by atoms with van der Waals surface area (Å²) in [6.07, 6.45) is 2.80. The summed E-state index contributed by atoms with van der Waals surface area (Å²) in [5, 5.41) is 0. The van der Waals surface area contributed by atoms with E-state index in [-0.39, 0.29) is 0 Å². The average Bonchev–Trinajstić information content (AvgIpc) is 2.69. The summed E-state index contributed by atoms with van der Waals surface area (Å²) in [4.78, 5) is 8.55. The quantitative estimate of drug-likeness (QED) is 0.867. The number of thioether (sulfide) groups is 1. The van der Waals surface area contributed by atoms with Crippen molar-refractivity contribution in [2.24, 2.45) is 0 Å². The molecule has 4 nitrogen and oxygen atoms in total. The maximum atomic E-state index is 5.67. The first-order chi connectivity index (χ1) is 7.74. The van der Waals surface area contributed by atoms with E-state index in [0.29, 0.717) is 11.9 Å². The van der Waals surface area contributed by atoms with Gasteiger partial charge in [0.1, 0.15) is 11.6 Å². The van der Waals surface area contributed by atoms with Crippen molar-refractivity contribution >= 4 is 17.6 Å². The molecule has 0 saturated carbocycles. The number of rotatable bonds is 4. The van der Waals surface area contributed by atoms with Gasteiger partial charge in [0.2, 0.25) is 0 Å². The first-order valence-corrected chi connectivity index (χ1v) is 6.69. The van der Waals surface area contributed by atoms with E-state index >= 15 is 0 Å². The molecule has 1 aromatic rings. The number of nitrogen functional groups attached to an aromatic ring is 1. The van der Waals surface area contributed by atoms with E-state index in [4.69, 9.17) is 10.5 Å². The van der Waals surface area contributed by atoms with Crippen molar-refractivity contribution in [3.63, 3.8) is 0 Å². The van der Waals surface area contributed by atoms with Crippen molar-refractivity contribution in [1.82, 2.24) is 9.97 Å². The van der Waals surface area contributed by atoms with E-state index < -0.39 is 0 Å². The van der Waals surface area contributed by atoms with E-state index in [2.05, 4.69) is 9.97 Å². The molecule has 1 aromatic heterocycles. The van der Waals surface area contributed by atoms with Crippen LogP contribution < -0.4 is 5.73 Å². The molecule has 1 atom stereocenters. The van der Waals surface area contributed by atoms with Crippen LogP contribution in [0.25, 0.3) is 0 Å². The van der Waals surface area contributed by atoms with Crippen molar-refractivity contribution < 1.29 is 4.74 Å². The van der Waals surface area contributed by atoms with E-state index in [1.807, 2.05) is 18.7 Å². The molecule has 0 aliphatic carbocycles. The van der Waals surface area contributed by atoms with Gasteiger partial charge in [0.05, 0.1) is 11.9 Å². The van der Waals surface area contributed by atoms with Crippen LogP contribution in [-0.2, 0) is 10.5 Å². The van der Waals surface area contributed by atoms with Crippen LogP contribution in [0.15, 0.2) is 6.07 Å². The highest BCUT2D eigenvalue weighted by molar-refractivity contribution is 7.98. The Hall–Kier alpha value is -0.810. The standard InChI is InChI=1S/C11H17N3OS/c1-8-5-10(12)14-11(13-8)7-16-6-9-3-2-4-15-9/h5,9H,2-4,6-7H2,1H3,(H2,12,13,14). The molecule has 0 spiro atoms. The zero-order valence-corrected chi connectivity index (χ0v) is 10.3. The third kappa shape index (κ3) is 3.35. The third-order valence-electron chi connectivity index (χ3n) is 2.48. The third-order valence-corrected chi connectivity index (χ3v) is 3.55. The van der Waals surface area contributed by atoms with Gasteiger partial charge in [-0.3, -0.25) is 0 Å². The number of hydrogen-bond acceptors (Lipinski definition) is 5. The molecule has 0 amide bonds. The second-order valence-corrected chi connectivity index (χ2v) is 5.03. The lowest BCUT2D eigenvalue weighted by Gasteiger charge is -2.08. The van der Waals surface area contributed by atoms with Crippen LogP contribution in [0.5, 0.6) is 0 Å². The molecule has 1 unspecified atom stereocenters. The summed E-state index contributed by atoms with van der Waals surface area (Å²) >= 11 is 1.82. The predicted octanol–water partition coefficient (Wildman–Crippen LogP) is 1.78. The van der Waals surface area contributed by atoms with Gasteiger partial charge >= 0.3 is 0 Å². The molecule has 2 N–H and O–H groups in total. The van der Waals surface area contributed by atoms with Gasteiger partial charge in [0, 0.05) is 24.1 Å². The molecule has 1 saturated heterocycles. The van der Waals surface area contributed by atoms with Crippen LogP contribution in [0.1, 0.15) is 24.4 Å². The monoisotopic (exact) mass is 239 g/mol. The molecule has 0 radical (unpaired) electrons. The summed E-state index contributed by atoms with van der Waals surface area (Å²) in [5.41, 5.74) is 6.60. The fourth-order valence-corrected chi connectivity index (χ4v) is 2.73. The Balaban J connectivity index is 1.80. The zero-order valence-electron chi connectivity index (χ0n) is 9.48. The van der Waals surface area contributed by atoms with E-state index in [0.717, 1.165) is 29.6 Å². The van der Waals surface area contributed by atoms with Gasteiger partial charge < -0.3 is 10.5 Å². The molecule has 2 heterocycles. The first kappa shape index (κ1) is 11.7. The summed E-state index contributed by atoms with van der Waals surface area (Å²) in [6.45, 7) is 2.85. The number of anilines is 1. The van der Waals surface area contributed by atoms with E-state index in [1.165, 1.54) is 12.8 Å². The predicted molar refractivity (Wildman–Crippen MR) is 66.3 cm³/mol.